The van der Waals surface area contributed by atoms with Crippen LogP contribution in [0.1, 0.15) is 70.8 Å². The molecule has 2 saturated heterocycles. The second kappa shape index (κ2) is 14.1. The Kier molecular flexibility index (Phi) is 10.8. The molecule has 0 radical (unpaired) electrons. The van der Waals surface area contributed by atoms with Crippen molar-refractivity contribution < 1.29 is 29.0 Å². The molecule has 0 spiro atoms. The van der Waals surface area contributed by atoms with Crippen molar-refractivity contribution in [3.8, 4) is 11.5 Å². The first-order chi connectivity index (χ1) is 20.0. The number of carboxylic acids is 1. The van der Waals surface area contributed by atoms with Gasteiger partial charge in [0, 0.05) is 50.1 Å². The van der Waals surface area contributed by atoms with Crippen molar-refractivity contribution in [3.05, 3.63) is 23.8 Å². The highest BCUT2D eigenvalue weighted by Crippen LogP contribution is 2.43. The summed E-state index contributed by atoms with van der Waals surface area (Å²) in [6, 6.07) is 5.27. The number of aliphatic carboxylic acids is 1. The van der Waals surface area contributed by atoms with Gasteiger partial charge in [0.05, 0.1) is 12.5 Å². The van der Waals surface area contributed by atoms with Crippen molar-refractivity contribution >= 4 is 17.8 Å². The lowest BCUT2D eigenvalue weighted by Crippen LogP contribution is -2.46. The zero-order valence-electron chi connectivity index (χ0n) is 26.1. The summed E-state index contributed by atoms with van der Waals surface area (Å²) in [6.07, 6.45) is 5.19. The van der Waals surface area contributed by atoms with Crippen LogP contribution in [-0.2, 0) is 14.4 Å². The summed E-state index contributed by atoms with van der Waals surface area (Å²) < 4.78 is 11.1. The Morgan fingerprint density at radius 3 is 2.45 bits per heavy atom. The normalized spacial score (nSPS) is 23.2. The monoisotopic (exact) mass is 586 g/mol. The molecule has 1 aromatic rings. The van der Waals surface area contributed by atoms with Gasteiger partial charge in [-0.3, -0.25) is 19.3 Å². The van der Waals surface area contributed by atoms with E-state index in [1.54, 1.807) is 0 Å². The van der Waals surface area contributed by atoms with Gasteiger partial charge in [0.1, 0.15) is 0 Å². The molecule has 234 valence electrons. The molecule has 10 nitrogen and oxygen atoms in total. The fraction of sp³-hybridized carbons (Fsp3) is 0.719. The predicted octanol–water partition coefficient (Wildman–Crippen LogP) is 3.50. The number of fused-ring (bicyclic) bond motifs is 1. The number of unbranched alkanes of at least 4 members (excludes halogenated alkanes) is 2. The number of amides is 2. The van der Waals surface area contributed by atoms with E-state index in [2.05, 4.69) is 30.8 Å². The molecule has 1 N–H and O–H groups in total. The second-order valence-electron chi connectivity index (χ2n) is 13.0. The third-order valence-corrected chi connectivity index (χ3v) is 9.18. The molecule has 3 heterocycles. The van der Waals surface area contributed by atoms with Gasteiger partial charge >= 0.3 is 5.97 Å². The van der Waals surface area contributed by atoms with Crippen molar-refractivity contribution in [1.82, 2.24) is 19.6 Å². The van der Waals surface area contributed by atoms with Crippen LogP contribution in [0, 0.1) is 11.3 Å². The maximum absolute atomic E-state index is 13.8. The van der Waals surface area contributed by atoms with E-state index in [9.17, 15) is 19.5 Å². The first-order valence-electron chi connectivity index (χ1n) is 15.6. The highest BCUT2D eigenvalue weighted by Gasteiger charge is 2.48. The van der Waals surface area contributed by atoms with E-state index in [0.29, 0.717) is 50.6 Å². The third-order valence-electron chi connectivity index (χ3n) is 9.18. The number of carbonyl (C=O) groups excluding carboxylic acids is 2. The Morgan fingerprint density at radius 2 is 1.79 bits per heavy atom. The SMILES string of the molecule is CCCCN(CCCCN(C)C)C(=O)CN1CC(c2ccc3c(c2)OCO3)C(C(=O)O)C1CCN1CCC(C)(C)C1=O. The fourth-order valence-corrected chi connectivity index (χ4v) is 6.60. The van der Waals surface area contributed by atoms with Crippen molar-refractivity contribution in [2.75, 3.05) is 66.7 Å². The molecule has 3 unspecified atom stereocenters. The third kappa shape index (κ3) is 7.56. The molecule has 10 heteroatoms. The van der Waals surface area contributed by atoms with Crippen molar-refractivity contribution in [3.63, 3.8) is 0 Å². The van der Waals surface area contributed by atoms with Crippen LogP contribution in [0.15, 0.2) is 18.2 Å². The van der Waals surface area contributed by atoms with Gasteiger partial charge in [-0.15, -0.1) is 0 Å². The summed E-state index contributed by atoms with van der Waals surface area (Å²) in [5.74, 6) is -0.466. The summed E-state index contributed by atoms with van der Waals surface area (Å²) in [6.45, 7) is 10.4. The number of rotatable bonds is 15. The minimum Gasteiger partial charge on any atom is -0.481 e. The topological polar surface area (TPSA) is 103 Å². The van der Waals surface area contributed by atoms with Crippen LogP contribution in [0.5, 0.6) is 11.5 Å². The molecule has 42 heavy (non-hydrogen) atoms. The van der Waals surface area contributed by atoms with E-state index >= 15 is 0 Å². The van der Waals surface area contributed by atoms with Crippen molar-refractivity contribution in [1.29, 1.82) is 0 Å². The van der Waals surface area contributed by atoms with Crippen LogP contribution in [-0.4, -0.2) is 115 Å². The van der Waals surface area contributed by atoms with Gasteiger partial charge in [0.15, 0.2) is 11.5 Å². The number of carbonyl (C=O) groups is 3. The lowest BCUT2D eigenvalue weighted by atomic mass is 9.84. The first-order valence-corrected chi connectivity index (χ1v) is 15.6. The highest BCUT2D eigenvalue weighted by molar-refractivity contribution is 5.84. The number of nitrogens with zero attached hydrogens (tertiary/aromatic N) is 4. The molecule has 2 amide bonds. The lowest BCUT2D eigenvalue weighted by Gasteiger charge is -2.31. The van der Waals surface area contributed by atoms with Crippen LogP contribution >= 0.6 is 0 Å². The zero-order valence-corrected chi connectivity index (χ0v) is 26.1. The van der Waals surface area contributed by atoms with Crippen LogP contribution < -0.4 is 9.47 Å². The molecular formula is C32H50N4O6. The summed E-state index contributed by atoms with van der Waals surface area (Å²) in [4.78, 5) is 47.7. The Balaban J connectivity index is 1.54. The number of ether oxygens (including phenoxy) is 2. The standard InChI is InChI=1S/C32H50N4O6/c1-6-7-15-34(16-9-8-14-33(4)5)28(37)21-36-20-24(23-10-11-26-27(19-23)42-22-41-26)29(30(38)39)25(36)12-17-35-18-13-32(2,3)31(35)40/h10-11,19,24-25,29H,6-9,12-18,20-22H2,1-5H3,(H,38,39). The van der Waals surface area contributed by atoms with E-state index in [0.717, 1.165) is 44.2 Å². The Bertz CT molecular complexity index is 1110. The van der Waals surface area contributed by atoms with Crippen LogP contribution in [0.25, 0.3) is 0 Å². The molecule has 4 rings (SSSR count). The number of carboxylic acid groups (broad SMARTS) is 1. The van der Waals surface area contributed by atoms with E-state index in [1.807, 2.05) is 41.8 Å². The minimum absolute atomic E-state index is 0.0483. The molecule has 2 fully saturated rings. The number of likely N-dealkylation sites (tertiary alicyclic amines) is 2. The lowest BCUT2D eigenvalue weighted by molar-refractivity contribution is -0.144. The maximum atomic E-state index is 13.8. The van der Waals surface area contributed by atoms with Gasteiger partial charge in [-0.05, 0) is 70.4 Å². The van der Waals surface area contributed by atoms with E-state index in [1.165, 1.54) is 0 Å². The number of benzene rings is 1. The highest BCUT2D eigenvalue weighted by atomic mass is 16.7. The Labute approximate surface area is 250 Å². The molecule has 0 aliphatic carbocycles. The molecule has 1 aromatic carbocycles. The van der Waals surface area contributed by atoms with Gasteiger partial charge < -0.3 is 29.3 Å². The summed E-state index contributed by atoms with van der Waals surface area (Å²) >= 11 is 0. The number of hydrogen-bond acceptors (Lipinski definition) is 7. The van der Waals surface area contributed by atoms with E-state index in [-0.39, 0.29) is 42.5 Å². The van der Waals surface area contributed by atoms with Crippen molar-refractivity contribution in [2.45, 2.75) is 71.3 Å². The second-order valence-corrected chi connectivity index (χ2v) is 13.0. The molecule has 3 aliphatic heterocycles. The smallest absolute Gasteiger partial charge is 0.308 e. The molecule has 0 aromatic heterocycles. The van der Waals surface area contributed by atoms with Crippen LogP contribution in [0.3, 0.4) is 0 Å². The van der Waals surface area contributed by atoms with Crippen molar-refractivity contribution in [2.24, 2.45) is 11.3 Å². The maximum Gasteiger partial charge on any atom is 0.308 e. The minimum atomic E-state index is -0.878. The fourth-order valence-electron chi connectivity index (χ4n) is 6.60. The van der Waals surface area contributed by atoms with Crippen LogP contribution in [0.2, 0.25) is 0 Å². The Morgan fingerprint density at radius 1 is 1.07 bits per heavy atom. The van der Waals surface area contributed by atoms with E-state index in [4.69, 9.17) is 9.47 Å². The summed E-state index contributed by atoms with van der Waals surface area (Å²) in [5.41, 5.74) is 0.482. The molecule has 0 saturated carbocycles. The van der Waals surface area contributed by atoms with Gasteiger partial charge in [-0.1, -0.05) is 33.3 Å². The average molecular weight is 587 g/mol. The Hall–Kier alpha value is -2.85. The zero-order chi connectivity index (χ0) is 30.4. The predicted molar refractivity (Wildman–Crippen MR) is 161 cm³/mol. The molecule has 0 bridgehead atoms. The number of hydrogen-bond donors (Lipinski definition) is 1. The average Bonchev–Trinajstić information content (AvgIpc) is 3.62. The molecule has 3 aliphatic rings. The van der Waals surface area contributed by atoms with Gasteiger partial charge in [-0.25, -0.2) is 0 Å². The summed E-state index contributed by atoms with van der Waals surface area (Å²) in [7, 11) is 4.11. The van der Waals surface area contributed by atoms with Gasteiger partial charge in [0.2, 0.25) is 18.6 Å². The van der Waals surface area contributed by atoms with E-state index < -0.39 is 11.9 Å². The first kappa shape index (κ1) is 32.1. The van der Waals surface area contributed by atoms with Gasteiger partial charge in [0.25, 0.3) is 0 Å². The van der Waals surface area contributed by atoms with Gasteiger partial charge in [-0.2, -0.15) is 0 Å². The molecular weight excluding hydrogens is 536 g/mol. The quantitative estimate of drug-likeness (QED) is 0.312. The van der Waals surface area contributed by atoms with Crippen LogP contribution in [0.4, 0.5) is 0 Å². The summed E-state index contributed by atoms with van der Waals surface area (Å²) in [5, 5.41) is 10.5. The molecule has 3 atom stereocenters. The largest absolute Gasteiger partial charge is 0.481 e.